The number of aromatic nitrogens is 2. The first kappa shape index (κ1) is 14.1. The molecular weight excluding hydrogens is 262 g/mol. The zero-order valence-corrected chi connectivity index (χ0v) is 12.8. The molecule has 112 valence electrons. The molecule has 4 heteroatoms. The van der Waals surface area contributed by atoms with E-state index in [4.69, 9.17) is 4.74 Å². The number of benzene rings is 1. The molecule has 21 heavy (non-hydrogen) atoms. The zero-order valence-electron chi connectivity index (χ0n) is 12.8. The van der Waals surface area contributed by atoms with Crippen molar-refractivity contribution in [3.63, 3.8) is 0 Å². The molecule has 0 radical (unpaired) electrons. The molecule has 1 aliphatic heterocycles. The minimum absolute atomic E-state index is 0.576. The molecular formula is C17H23N3O. The van der Waals surface area contributed by atoms with Crippen molar-refractivity contribution in [3.05, 3.63) is 47.3 Å². The summed E-state index contributed by atoms with van der Waals surface area (Å²) in [5, 5.41) is 7.35. The van der Waals surface area contributed by atoms with E-state index in [1.807, 2.05) is 12.3 Å². The van der Waals surface area contributed by atoms with E-state index in [0.29, 0.717) is 5.92 Å². The second kappa shape index (κ2) is 6.31. The van der Waals surface area contributed by atoms with Crippen LogP contribution in [0.3, 0.4) is 0 Å². The maximum atomic E-state index is 5.31. The van der Waals surface area contributed by atoms with Crippen LogP contribution in [0.15, 0.2) is 30.5 Å². The van der Waals surface area contributed by atoms with Crippen LogP contribution in [-0.2, 0) is 6.54 Å². The molecule has 1 saturated heterocycles. The van der Waals surface area contributed by atoms with Gasteiger partial charge in [-0.2, -0.15) is 5.10 Å². The lowest BCUT2D eigenvalue weighted by molar-refractivity contribution is 0.198. The maximum Gasteiger partial charge on any atom is 0.119 e. The van der Waals surface area contributed by atoms with Gasteiger partial charge in [0.05, 0.1) is 13.3 Å². The summed E-state index contributed by atoms with van der Waals surface area (Å²) in [5.74, 6) is 1.51. The summed E-state index contributed by atoms with van der Waals surface area (Å²) in [4.78, 5) is 2.53. The van der Waals surface area contributed by atoms with Crippen LogP contribution in [0.5, 0.6) is 5.75 Å². The van der Waals surface area contributed by atoms with Crippen LogP contribution in [-0.4, -0.2) is 35.3 Å². The molecule has 4 nitrogen and oxygen atoms in total. The van der Waals surface area contributed by atoms with Crippen LogP contribution >= 0.6 is 0 Å². The Kier molecular flexibility index (Phi) is 4.25. The number of piperidine rings is 1. The van der Waals surface area contributed by atoms with Gasteiger partial charge in [-0.15, -0.1) is 0 Å². The molecule has 0 aliphatic carbocycles. The standard InChI is InChI=1S/C17H23N3O/c1-13-10-18-19-17(13)15-6-4-8-20(12-15)11-14-5-3-7-16(9-14)21-2/h3,5,7,9-10,15H,4,6,8,11-12H2,1-2H3,(H,18,19). The summed E-state index contributed by atoms with van der Waals surface area (Å²) in [6.45, 7) is 5.39. The SMILES string of the molecule is COc1cccc(CN2CCCC(c3[nH]ncc3C)C2)c1. The van der Waals surface area contributed by atoms with Gasteiger partial charge in [-0.05, 0) is 49.6 Å². The predicted molar refractivity (Wildman–Crippen MR) is 83.6 cm³/mol. The minimum atomic E-state index is 0.576. The highest BCUT2D eigenvalue weighted by Crippen LogP contribution is 2.28. The van der Waals surface area contributed by atoms with Gasteiger partial charge in [-0.3, -0.25) is 10.00 Å². The smallest absolute Gasteiger partial charge is 0.119 e. The summed E-state index contributed by atoms with van der Waals surface area (Å²) < 4.78 is 5.31. The molecule has 2 aromatic rings. The Morgan fingerprint density at radius 2 is 2.33 bits per heavy atom. The highest BCUT2D eigenvalue weighted by Gasteiger charge is 2.23. The quantitative estimate of drug-likeness (QED) is 0.938. The zero-order chi connectivity index (χ0) is 14.7. The summed E-state index contributed by atoms with van der Waals surface area (Å²) in [6.07, 6.45) is 4.42. The van der Waals surface area contributed by atoms with E-state index in [9.17, 15) is 0 Å². The van der Waals surface area contributed by atoms with Crippen molar-refractivity contribution < 1.29 is 4.74 Å². The first-order valence-corrected chi connectivity index (χ1v) is 7.61. The maximum absolute atomic E-state index is 5.31. The van der Waals surface area contributed by atoms with Gasteiger partial charge in [0.15, 0.2) is 0 Å². The highest BCUT2D eigenvalue weighted by molar-refractivity contribution is 5.28. The average Bonchev–Trinajstić information content (AvgIpc) is 2.94. The first-order valence-electron chi connectivity index (χ1n) is 7.61. The Labute approximate surface area is 126 Å². The summed E-state index contributed by atoms with van der Waals surface area (Å²) >= 11 is 0. The summed E-state index contributed by atoms with van der Waals surface area (Å²) in [7, 11) is 1.72. The van der Waals surface area contributed by atoms with E-state index in [2.05, 4.69) is 40.2 Å². The fourth-order valence-electron chi connectivity index (χ4n) is 3.23. The van der Waals surface area contributed by atoms with Crippen LogP contribution in [0, 0.1) is 6.92 Å². The van der Waals surface area contributed by atoms with Crippen molar-refractivity contribution in [3.8, 4) is 5.75 Å². The number of hydrogen-bond donors (Lipinski definition) is 1. The van der Waals surface area contributed by atoms with Crippen molar-refractivity contribution in [2.75, 3.05) is 20.2 Å². The van der Waals surface area contributed by atoms with E-state index >= 15 is 0 Å². The van der Waals surface area contributed by atoms with E-state index in [1.165, 1.54) is 36.2 Å². The van der Waals surface area contributed by atoms with E-state index in [1.54, 1.807) is 7.11 Å². The highest BCUT2D eigenvalue weighted by atomic mass is 16.5. The second-order valence-electron chi connectivity index (χ2n) is 5.89. The first-order chi connectivity index (χ1) is 10.3. The molecule has 3 rings (SSSR count). The predicted octanol–water partition coefficient (Wildman–Crippen LogP) is 3.11. The van der Waals surface area contributed by atoms with Gasteiger partial charge < -0.3 is 4.74 Å². The fourth-order valence-corrected chi connectivity index (χ4v) is 3.23. The number of likely N-dealkylation sites (tertiary alicyclic amines) is 1. The molecule has 0 amide bonds. The third kappa shape index (κ3) is 3.27. The third-order valence-corrected chi connectivity index (χ3v) is 4.32. The molecule has 0 bridgehead atoms. The van der Waals surface area contributed by atoms with Crippen LogP contribution < -0.4 is 4.74 Å². The molecule has 2 heterocycles. The molecule has 1 unspecified atom stereocenters. The number of nitrogens with zero attached hydrogens (tertiary/aromatic N) is 2. The Morgan fingerprint density at radius 1 is 1.43 bits per heavy atom. The van der Waals surface area contributed by atoms with Gasteiger partial charge in [-0.1, -0.05) is 12.1 Å². The molecule has 1 fully saturated rings. The minimum Gasteiger partial charge on any atom is -0.497 e. The van der Waals surface area contributed by atoms with E-state index in [0.717, 1.165) is 18.8 Å². The summed E-state index contributed by atoms with van der Waals surface area (Å²) in [6, 6.07) is 8.36. The number of methoxy groups -OCH3 is 1. The Hall–Kier alpha value is -1.81. The normalized spacial score (nSPS) is 19.6. The third-order valence-electron chi connectivity index (χ3n) is 4.32. The monoisotopic (exact) mass is 285 g/mol. The number of ether oxygens (including phenoxy) is 1. The molecule has 1 aromatic heterocycles. The summed E-state index contributed by atoms with van der Waals surface area (Å²) in [5.41, 5.74) is 3.91. The van der Waals surface area contributed by atoms with Gasteiger partial charge in [-0.25, -0.2) is 0 Å². The van der Waals surface area contributed by atoms with Crippen LogP contribution in [0.1, 0.15) is 35.6 Å². The van der Waals surface area contributed by atoms with Crippen molar-refractivity contribution in [1.29, 1.82) is 0 Å². The van der Waals surface area contributed by atoms with Crippen molar-refractivity contribution in [2.45, 2.75) is 32.2 Å². The van der Waals surface area contributed by atoms with Gasteiger partial charge in [0.25, 0.3) is 0 Å². The average molecular weight is 285 g/mol. The molecule has 1 N–H and O–H groups in total. The van der Waals surface area contributed by atoms with E-state index in [-0.39, 0.29) is 0 Å². The second-order valence-corrected chi connectivity index (χ2v) is 5.89. The topological polar surface area (TPSA) is 41.1 Å². The van der Waals surface area contributed by atoms with Gasteiger partial charge in [0.1, 0.15) is 5.75 Å². The molecule has 0 spiro atoms. The number of nitrogens with one attached hydrogen (secondary N) is 1. The molecule has 1 atom stereocenters. The lowest BCUT2D eigenvalue weighted by atomic mass is 9.92. The number of hydrogen-bond acceptors (Lipinski definition) is 3. The Bertz CT molecular complexity index is 593. The number of rotatable bonds is 4. The molecule has 0 saturated carbocycles. The van der Waals surface area contributed by atoms with Crippen molar-refractivity contribution in [2.24, 2.45) is 0 Å². The number of aromatic amines is 1. The van der Waals surface area contributed by atoms with Crippen LogP contribution in [0.2, 0.25) is 0 Å². The lowest BCUT2D eigenvalue weighted by Gasteiger charge is -2.32. The molecule has 1 aromatic carbocycles. The fraction of sp³-hybridized carbons (Fsp3) is 0.471. The Morgan fingerprint density at radius 3 is 3.10 bits per heavy atom. The number of aryl methyl sites for hydroxylation is 1. The van der Waals surface area contributed by atoms with Gasteiger partial charge in [0, 0.05) is 24.7 Å². The van der Waals surface area contributed by atoms with E-state index < -0.39 is 0 Å². The largest absolute Gasteiger partial charge is 0.497 e. The van der Waals surface area contributed by atoms with Crippen molar-refractivity contribution >= 4 is 0 Å². The molecule has 1 aliphatic rings. The van der Waals surface area contributed by atoms with Gasteiger partial charge in [0.2, 0.25) is 0 Å². The Balaban J connectivity index is 1.67. The van der Waals surface area contributed by atoms with Crippen LogP contribution in [0.4, 0.5) is 0 Å². The van der Waals surface area contributed by atoms with Crippen LogP contribution in [0.25, 0.3) is 0 Å². The lowest BCUT2D eigenvalue weighted by Crippen LogP contribution is -2.34. The number of H-pyrrole nitrogens is 1. The van der Waals surface area contributed by atoms with Crippen molar-refractivity contribution in [1.82, 2.24) is 15.1 Å². The van der Waals surface area contributed by atoms with Gasteiger partial charge >= 0.3 is 0 Å².